The Balaban J connectivity index is 2.26. The summed E-state index contributed by atoms with van der Waals surface area (Å²) in [6.07, 6.45) is 0. The summed E-state index contributed by atoms with van der Waals surface area (Å²) in [4.78, 5) is 13.1. The minimum Gasteiger partial charge on any atom is -0.481 e. The summed E-state index contributed by atoms with van der Waals surface area (Å²) in [6.45, 7) is 1.94. The molecule has 5 nitrogen and oxygen atoms in total. The minimum absolute atomic E-state index is 0.0230. The van der Waals surface area contributed by atoms with E-state index >= 15 is 0 Å². The number of carboxylic acid groups (broad SMARTS) is 1. The predicted molar refractivity (Wildman–Crippen MR) is 70.7 cm³/mol. The van der Waals surface area contributed by atoms with Crippen LogP contribution in [-0.4, -0.2) is 43.7 Å². The third-order valence-electron chi connectivity index (χ3n) is 3.51. The van der Waals surface area contributed by atoms with Crippen molar-refractivity contribution >= 4 is 15.8 Å². The van der Waals surface area contributed by atoms with Crippen molar-refractivity contribution in [2.24, 2.45) is 5.92 Å². The molecule has 0 aliphatic carbocycles. The Morgan fingerprint density at radius 2 is 2.11 bits per heavy atom. The van der Waals surface area contributed by atoms with E-state index in [0.29, 0.717) is 11.4 Å². The van der Waals surface area contributed by atoms with Crippen molar-refractivity contribution in [2.75, 3.05) is 19.3 Å². The maximum absolute atomic E-state index is 12.0. The molecule has 6 heteroatoms. The summed E-state index contributed by atoms with van der Waals surface area (Å²) >= 11 is 0. The second-order valence-corrected chi connectivity index (χ2v) is 7.02. The number of nitrogens with zero attached hydrogens (tertiary/aromatic N) is 1. The lowest BCUT2D eigenvalue weighted by Gasteiger charge is -2.25. The number of hydrogen-bond acceptors (Lipinski definition) is 4. The van der Waals surface area contributed by atoms with Crippen molar-refractivity contribution in [1.29, 1.82) is 0 Å². The largest absolute Gasteiger partial charge is 0.481 e. The molecule has 0 spiro atoms. The molecular formula is C13H17NO4S. The smallest absolute Gasteiger partial charge is 0.307 e. The zero-order valence-electron chi connectivity index (χ0n) is 10.9. The van der Waals surface area contributed by atoms with Crippen LogP contribution in [0.4, 0.5) is 0 Å². The van der Waals surface area contributed by atoms with Gasteiger partial charge in [0.2, 0.25) is 0 Å². The van der Waals surface area contributed by atoms with E-state index < -0.39 is 21.7 Å². The third-order valence-corrected chi connectivity index (χ3v) is 5.30. The fourth-order valence-corrected chi connectivity index (χ4v) is 4.31. The van der Waals surface area contributed by atoms with Gasteiger partial charge in [0.15, 0.2) is 9.84 Å². The van der Waals surface area contributed by atoms with Gasteiger partial charge in [0, 0.05) is 6.54 Å². The summed E-state index contributed by atoms with van der Waals surface area (Å²) in [5, 5.41) is 8.93. The number of rotatable bonds is 4. The number of fused-ring (bicyclic) bond motifs is 1. The Labute approximate surface area is 112 Å². The van der Waals surface area contributed by atoms with Crippen LogP contribution in [0, 0.1) is 5.92 Å². The standard InChI is InChI=1S/C13H17NO4S/c1-9(13(15)16)7-14(2)11-8-19(17,18)12-6-4-3-5-10(11)12/h3-6,9,11H,7-8H2,1-2H3,(H,15,16). The molecule has 1 aliphatic heterocycles. The van der Waals surface area contributed by atoms with Crippen LogP contribution in [0.3, 0.4) is 0 Å². The van der Waals surface area contributed by atoms with Gasteiger partial charge in [-0.05, 0) is 18.7 Å². The molecule has 19 heavy (non-hydrogen) atoms. The lowest BCUT2D eigenvalue weighted by molar-refractivity contribution is -0.141. The predicted octanol–water partition coefficient (Wildman–Crippen LogP) is 1.17. The van der Waals surface area contributed by atoms with Gasteiger partial charge >= 0.3 is 5.97 Å². The second-order valence-electron chi connectivity index (χ2n) is 5.01. The number of aliphatic carboxylic acids is 1. The molecular weight excluding hydrogens is 266 g/mol. The van der Waals surface area contributed by atoms with Gasteiger partial charge in [0.05, 0.1) is 22.6 Å². The highest BCUT2D eigenvalue weighted by Gasteiger charge is 2.37. The zero-order chi connectivity index (χ0) is 14.2. The van der Waals surface area contributed by atoms with Crippen molar-refractivity contribution in [3.63, 3.8) is 0 Å². The number of hydrogen-bond donors (Lipinski definition) is 1. The molecule has 0 saturated carbocycles. The topological polar surface area (TPSA) is 74.7 Å². The maximum Gasteiger partial charge on any atom is 0.307 e. The molecule has 1 aromatic carbocycles. The van der Waals surface area contributed by atoms with Crippen LogP contribution in [0.1, 0.15) is 18.5 Å². The molecule has 1 aliphatic rings. The summed E-state index contributed by atoms with van der Waals surface area (Å²) in [7, 11) is -1.48. The number of benzene rings is 1. The van der Waals surface area contributed by atoms with Gasteiger partial charge in [0.1, 0.15) is 0 Å². The molecule has 2 rings (SSSR count). The molecule has 0 fully saturated rings. The van der Waals surface area contributed by atoms with E-state index in [4.69, 9.17) is 5.11 Å². The van der Waals surface area contributed by atoms with Crippen LogP contribution < -0.4 is 0 Å². The van der Waals surface area contributed by atoms with E-state index in [9.17, 15) is 13.2 Å². The molecule has 2 unspecified atom stereocenters. The van der Waals surface area contributed by atoms with E-state index in [-0.39, 0.29) is 11.8 Å². The van der Waals surface area contributed by atoms with Crippen LogP contribution >= 0.6 is 0 Å². The van der Waals surface area contributed by atoms with Crippen molar-refractivity contribution in [1.82, 2.24) is 4.90 Å². The molecule has 0 amide bonds. The van der Waals surface area contributed by atoms with Crippen LogP contribution in [0.15, 0.2) is 29.2 Å². The van der Waals surface area contributed by atoms with Crippen molar-refractivity contribution in [2.45, 2.75) is 17.9 Å². The Morgan fingerprint density at radius 3 is 2.74 bits per heavy atom. The van der Waals surface area contributed by atoms with Crippen molar-refractivity contribution < 1.29 is 18.3 Å². The fourth-order valence-electron chi connectivity index (χ4n) is 2.43. The molecule has 1 N–H and O–H groups in total. The monoisotopic (exact) mass is 283 g/mol. The molecule has 104 valence electrons. The number of sulfone groups is 1. The van der Waals surface area contributed by atoms with Crippen LogP contribution in [-0.2, 0) is 14.6 Å². The summed E-state index contributed by atoms with van der Waals surface area (Å²) in [5.41, 5.74) is 0.766. The van der Waals surface area contributed by atoms with Gasteiger partial charge in [-0.2, -0.15) is 0 Å². The first-order valence-corrected chi connectivity index (χ1v) is 7.73. The maximum atomic E-state index is 12.0. The van der Waals surface area contributed by atoms with Crippen molar-refractivity contribution in [3.8, 4) is 0 Å². The van der Waals surface area contributed by atoms with Gasteiger partial charge in [0.25, 0.3) is 0 Å². The summed E-state index contributed by atoms with van der Waals surface area (Å²) in [6, 6.07) is 6.66. The lowest BCUT2D eigenvalue weighted by Crippen LogP contribution is -2.32. The lowest BCUT2D eigenvalue weighted by atomic mass is 10.1. The Hall–Kier alpha value is -1.40. The molecule has 2 atom stereocenters. The van der Waals surface area contributed by atoms with Crippen LogP contribution in [0.5, 0.6) is 0 Å². The minimum atomic E-state index is -3.24. The Morgan fingerprint density at radius 1 is 1.47 bits per heavy atom. The molecule has 1 heterocycles. The van der Waals surface area contributed by atoms with E-state index in [2.05, 4.69) is 0 Å². The molecule has 0 bridgehead atoms. The quantitative estimate of drug-likeness (QED) is 0.897. The normalized spacial score (nSPS) is 22.2. The first-order valence-electron chi connectivity index (χ1n) is 6.07. The highest BCUT2D eigenvalue weighted by Crippen LogP contribution is 2.36. The highest BCUT2D eigenvalue weighted by atomic mass is 32.2. The summed E-state index contributed by atoms with van der Waals surface area (Å²) in [5.74, 6) is -1.38. The fraction of sp³-hybridized carbons (Fsp3) is 0.462. The van der Waals surface area contributed by atoms with E-state index in [1.807, 2.05) is 4.90 Å². The Kier molecular flexibility index (Phi) is 3.64. The SMILES string of the molecule is CC(CN(C)C1CS(=O)(=O)c2ccccc21)C(=O)O. The van der Waals surface area contributed by atoms with Crippen LogP contribution in [0.25, 0.3) is 0 Å². The third kappa shape index (κ3) is 2.64. The van der Waals surface area contributed by atoms with Gasteiger partial charge in [-0.3, -0.25) is 9.69 Å². The molecule has 0 aromatic heterocycles. The highest BCUT2D eigenvalue weighted by molar-refractivity contribution is 7.91. The average molecular weight is 283 g/mol. The van der Waals surface area contributed by atoms with E-state index in [0.717, 1.165) is 5.56 Å². The van der Waals surface area contributed by atoms with Gasteiger partial charge in [-0.25, -0.2) is 8.42 Å². The first-order chi connectivity index (χ1) is 8.83. The Bertz CT molecular complexity index is 596. The van der Waals surface area contributed by atoms with Gasteiger partial charge in [-0.1, -0.05) is 25.1 Å². The number of carbonyl (C=O) groups is 1. The molecule has 0 radical (unpaired) electrons. The average Bonchev–Trinajstić information content (AvgIpc) is 2.62. The first kappa shape index (κ1) is 14.0. The molecule has 0 saturated heterocycles. The van der Waals surface area contributed by atoms with Gasteiger partial charge < -0.3 is 5.11 Å². The summed E-state index contributed by atoms with van der Waals surface area (Å²) < 4.78 is 24.1. The molecule has 1 aromatic rings. The second kappa shape index (κ2) is 4.94. The number of carboxylic acids is 1. The van der Waals surface area contributed by atoms with Crippen molar-refractivity contribution in [3.05, 3.63) is 29.8 Å². The van der Waals surface area contributed by atoms with Crippen LogP contribution in [0.2, 0.25) is 0 Å². The van der Waals surface area contributed by atoms with Gasteiger partial charge in [-0.15, -0.1) is 0 Å². The van der Waals surface area contributed by atoms with E-state index in [1.54, 1.807) is 38.2 Å². The van der Waals surface area contributed by atoms with E-state index in [1.165, 1.54) is 0 Å². The zero-order valence-corrected chi connectivity index (χ0v) is 11.7.